The van der Waals surface area contributed by atoms with Crippen molar-refractivity contribution in [3.8, 4) is 11.5 Å². The van der Waals surface area contributed by atoms with Crippen molar-refractivity contribution in [3.05, 3.63) is 63.6 Å². The maximum atomic E-state index is 12.1. The molecule has 0 saturated carbocycles. The molecule has 0 unspecified atom stereocenters. The van der Waals surface area contributed by atoms with Gasteiger partial charge in [-0.25, -0.2) is 0 Å². The molecule has 0 aliphatic rings. The van der Waals surface area contributed by atoms with E-state index in [1.807, 2.05) is 0 Å². The largest absolute Gasteiger partial charge is 0.504 e. The summed E-state index contributed by atoms with van der Waals surface area (Å²) in [6.07, 6.45) is 2.58. The zero-order valence-electron chi connectivity index (χ0n) is 12.8. The number of allylic oxidation sites excluding steroid dienone is 1. The molecule has 0 fully saturated rings. The van der Waals surface area contributed by atoms with Gasteiger partial charge in [-0.1, -0.05) is 35.3 Å². The summed E-state index contributed by atoms with van der Waals surface area (Å²) in [5, 5.41) is 10.1. The van der Waals surface area contributed by atoms with Gasteiger partial charge in [-0.3, -0.25) is 9.59 Å². The molecule has 0 aromatic heterocycles. The van der Waals surface area contributed by atoms with Gasteiger partial charge in [0.25, 0.3) is 0 Å². The molecule has 0 atom stereocenters. The summed E-state index contributed by atoms with van der Waals surface area (Å²) >= 11 is 11.7. The van der Waals surface area contributed by atoms with Crippen LogP contribution in [0.1, 0.15) is 22.3 Å². The third-order valence-electron chi connectivity index (χ3n) is 3.24. The van der Waals surface area contributed by atoms with Crippen molar-refractivity contribution < 1.29 is 19.4 Å². The standard InChI is InChI=1S/C18H14Cl2O4/c1-24-18-8-11(3-7-16(18)22)2-5-13(21)10-17(23)12-4-6-14(19)15(20)9-12/h2-9,22H,10H2,1H3. The van der Waals surface area contributed by atoms with Crippen LogP contribution in [0, 0.1) is 0 Å². The molecule has 24 heavy (non-hydrogen) atoms. The summed E-state index contributed by atoms with van der Waals surface area (Å²) in [7, 11) is 1.43. The lowest BCUT2D eigenvalue weighted by Gasteiger charge is -2.03. The molecule has 0 heterocycles. The Labute approximate surface area is 149 Å². The molecule has 0 bridgehead atoms. The summed E-state index contributed by atoms with van der Waals surface area (Å²) in [6, 6.07) is 9.15. The van der Waals surface area contributed by atoms with Crippen LogP contribution in [-0.2, 0) is 4.79 Å². The van der Waals surface area contributed by atoms with Crippen LogP contribution in [0.3, 0.4) is 0 Å². The minimum Gasteiger partial charge on any atom is -0.504 e. The first-order valence-electron chi connectivity index (χ1n) is 6.97. The fourth-order valence-corrected chi connectivity index (χ4v) is 2.27. The van der Waals surface area contributed by atoms with E-state index in [1.165, 1.54) is 37.5 Å². The van der Waals surface area contributed by atoms with Gasteiger partial charge in [-0.2, -0.15) is 0 Å². The quantitative estimate of drug-likeness (QED) is 0.463. The van der Waals surface area contributed by atoms with E-state index in [4.69, 9.17) is 27.9 Å². The van der Waals surface area contributed by atoms with Gasteiger partial charge in [0.05, 0.1) is 23.6 Å². The van der Waals surface area contributed by atoms with Crippen molar-refractivity contribution >= 4 is 40.8 Å². The van der Waals surface area contributed by atoms with E-state index >= 15 is 0 Å². The number of hydrogen-bond donors (Lipinski definition) is 1. The highest BCUT2D eigenvalue weighted by Gasteiger charge is 2.11. The zero-order valence-corrected chi connectivity index (χ0v) is 14.3. The van der Waals surface area contributed by atoms with Gasteiger partial charge in [0, 0.05) is 5.56 Å². The number of phenols is 1. The Hall–Kier alpha value is -2.30. The molecule has 4 nitrogen and oxygen atoms in total. The molecule has 1 N–H and O–H groups in total. The Bertz CT molecular complexity index is 813. The number of hydrogen-bond acceptors (Lipinski definition) is 4. The number of phenolic OH excluding ortho intramolecular Hbond substituents is 1. The number of Topliss-reactive ketones (excluding diaryl/α,β-unsaturated/α-hetero) is 1. The second-order valence-electron chi connectivity index (χ2n) is 4.96. The van der Waals surface area contributed by atoms with Crippen LogP contribution in [0.25, 0.3) is 6.08 Å². The topological polar surface area (TPSA) is 63.6 Å². The predicted octanol–water partition coefficient (Wildman–Crippen LogP) is 4.56. The molecule has 0 radical (unpaired) electrons. The first-order chi connectivity index (χ1) is 11.4. The number of ketones is 2. The van der Waals surface area contributed by atoms with Gasteiger partial charge in [-0.15, -0.1) is 0 Å². The van der Waals surface area contributed by atoms with Gasteiger partial charge in [0.2, 0.25) is 0 Å². The second kappa shape index (κ2) is 7.99. The van der Waals surface area contributed by atoms with Gasteiger partial charge in [-0.05, 0) is 42.0 Å². The van der Waals surface area contributed by atoms with E-state index in [0.29, 0.717) is 21.9 Å². The number of aromatic hydroxyl groups is 1. The van der Waals surface area contributed by atoms with Gasteiger partial charge < -0.3 is 9.84 Å². The summed E-state index contributed by atoms with van der Waals surface area (Å²) in [4.78, 5) is 24.0. The maximum Gasteiger partial charge on any atom is 0.170 e. The van der Waals surface area contributed by atoms with E-state index in [-0.39, 0.29) is 28.8 Å². The Morgan fingerprint density at radius 3 is 2.54 bits per heavy atom. The molecule has 0 saturated heterocycles. The number of carbonyl (C=O) groups excluding carboxylic acids is 2. The summed E-state index contributed by atoms with van der Waals surface area (Å²) in [6.45, 7) is 0. The Balaban J connectivity index is 2.04. The lowest BCUT2D eigenvalue weighted by atomic mass is 10.1. The average Bonchev–Trinajstić information content (AvgIpc) is 2.56. The third-order valence-corrected chi connectivity index (χ3v) is 3.98. The molecule has 2 aromatic carbocycles. The van der Waals surface area contributed by atoms with Crippen molar-refractivity contribution in [2.45, 2.75) is 6.42 Å². The predicted molar refractivity (Wildman–Crippen MR) is 94.1 cm³/mol. The molecule has 6 heteroatoms. The lowest BCUT2D eigenvalue weighted by Crippen LogP contribution is -2.05. The first kappa shape index (κ1) is 18.0. The van der Waals surface area contributed by atoms with Gasteiger partial charge in [0.1, 0.15) is 0 Å². The number of rotatable bonds is 6. The van der Waals surface area contributed by atoms with Crippen molar-refractivity contribution in [3.63, 3.8) is 0 Å². The summed E-state index contributed by atoms with van der Waals surface area (Å²) < 4.78 is 4.99. The highest BCUT2D eigenvalue weighted by atomic mass is 35.5. The van der Waals surface area contributed by atoms with Crippen LogP contribution < -0.4 is 4.74 Å². The number of benzene rings is 2. The van der Waals surface area contributed by atoms with Crippen LogP contribution in [0.15, 0.2) is 42.5 Å². The lowest BCUT2D eigenvalue weighted by molar-refractivity contribution is -0.113. The average molecular weight is 365 g/mol. The number of methoxy groups -OCH3 is 1. The van der Waals surface area contributed by atoms with Crippen molar-refractivity contribution in [2.75, 3.05) is 7.11 Å². The molecule has 2 rings (SSSR count). The molecular weight excluding hydrogens is 351 g/mol. The normalized spacial score (nSPS) is 10.8. The minimum absolute atomic E-state index is 0.00997. The molecule has 124 valence electrons. The monoisotopic (exact) mass is 364 g/mol. The van der Waals surface area contributed by atoms with Gasteiger partial charge in [0.15, 0.2) is 23.1 Å². The molecule has 2 aromatic rings. The van der Waals surface area contributed by atoms with Crippen molar-refractivity contribution in [1.82, 2.24) is 0 Å². The van der Waals surface area contributed by atoms with Gasteiger partial charge >= 0.3 is 0 Å². The molecule has 0 aliphatic carbocycles. The van der Waals surface area contributed by atoms with E-state index < -0.39 is 0 Å². The minimum atomic E-state index is -0.349. The smallest absolute Gasteiger partial charge is 0.170 e. The number of ether oxygens (including phenoxy) is 1. The van der Waals surface area contributed by atoms with Crippen molar-refractivity contribution in [1.29, 1.82) is 0 Å². The maximum absolute atomic E-state index is 12.1. The molecule has 0 amide bonds. The zero-order chi connectivity index (χ0) is 17.7. The van der Waals surface area contributed by atoms with E-state index in [2.05, 4.69) is 0 Å². The second-order valence-corrected chi connectivity index (χ2v) is 5.77. The third kappa shape index (κ3) is 4.60. The molecule has 0 aliphatic heterocycles. The fourth-order valence-electron chi connectivity index (χ4n) is 1.98. The van der Waals surface area contributed by atoms with Crippen LogP contribution in [0.4, 0.5) is 0 Å². The van der Waals surface area contributed by atoms with E-state index in [0.717, 1.165) is 0 Å². The Morgan fingerprint density at radius 2 is 1.88 bits per heavy atom. The van der Waals surface area contributed by atoms with Crippen molar-refractivity contribution in [2.24, 2.45) is 0 Å². The van der Waals surface area contributed by atoms with E-state index in [1.54, 1.807) is 18.2 Å². The molecular formula is C18H14Cl2O4. The number of carbonyl (C=O) groups is 2. The Kier molecular flexibility index (Phi) is 6.01. The summed E-state index contributed by atoms with van der Waals surface area (Å²) in [5.41, 5.74) is 0.998. The number of halogens is 2. The highest BCUT2D eigenvalue weighted by molar-refractivity contribution is 6.42. The highest BCUT2D eigenvalue weighted by Crippen LogP contribution is 2.27. The molecule has 0 spiro atoms. The van der Waals surface area contributed by atoms with Crippen LogP contribution in [0.2, 0.25) is 10.0 Å². The Morgan fingerprint density at radius 1 is 1.12 bits per heavy atom. The fraction of sp³-hybridized carbons (Fsp3) is 0.111. The van der Waals surface area contributed by atoms with Crippen LogP contribution in [-0.4, -0.2) is 23.8 Å². The van der Waals surface area contributed by atoms with Crippen LogP contribution in [0.5, 0.6) is 11.5 Å². The first-order valence-corrected chi connectivity index (χ1v) is 7.72. The van der Waals surface area contributed by atoms with E-state index in [9.17, 15) is 14.7 Å². The van der Waals surface area contributed by atoms with Crippen LogP contribution >= 0.6 is 23.2 Å². The SMILES string of the molecule is COc1cc(C=CC(=O)CC(=O)c2ccc(Cl)c(Cl)c2)ccc1O. The summed E-state index contributed by atoms with van der Waals surface area (Å²) in [5.74, 6) is -0.378.